The lowest BCUT2D eigenvalue weighted by Crippen LogP contribution is -2.27. The monoisotopic (exact) mass is 360 g/mol. The summed E-state index contributed by atoms with van der Waals surface area (Å²) in [6.45, 7) is 0.349. The normalized spacial score (nSPS) is 18.1. The number of nitrogens with one attached hydrogen (secondary N) is 2. The van der Waals surface area contributed by atoms with E-state index >= 15 is 0 Å². The van der Waals surface area contributed by atoms with E-state index in [0.29, 0.717) is 18.2 Å². The number of amides is 1. The molecule has 0 saturated carbocycles. The first kappa shape index (κ1) is 17.0. The Hall–Kier alpha value is -3.45. The predicted octanol–water partition coefficient (Wildman–Crippen LogP) is 1.69. The van der Waals surface area contributed by atoms with Crippen LogP contribution in [-0.4, -0.2) is 28.2 Å². The van der Waals surface area contributed by atoms with E-state index in [4.69, 9.17) is 5.73 Å². The van der Waals surface area contributed by atoms with Gasteiger partial charge in [0.1, 0.15) is 5.70 Å². The molecule has 0 aliphatic carbocycles. The Balaban J connectivity index is 1.58. The molecule has 136 valence electrons. The lowest BCUT2D eigenvalue weighted by atomic mass is 10.1. The molecule has 3 aromatic rings. The summed E-state index contributed by atoms with van der Waals surface area (Å²) in [5.41, 5.74) is 9.26. The summed E-state index contributed by atoms with van der Waals surface area (Å²) in [7, 11) is 1.90. The maximum absolute atomic E-state index is 12.3. The topological polar surface area (TPSA) is 97.3 Å². The van der Waals surface area contributed by atoms with Gasteiger partial charge in [-0.1, -0.05) is 36.4 Å². The van der Waals surface area contributed by atoms with Gasteiger partial charge in [-0.2, -0.15) is 5.10 Å². The minimum Gasteiger partial charge on any atom is -0.328 e. The summed E-state index contributed by atoms with van der Waals surface area (Å²) >= 11 is 0. The molecule has 27 heavy (non-hydrogen) atoms. The second-order valence-corrected chi connectivity index (χ2v) is 6.36. The number of aryl methyl sites for hydroxylation is 1. The van der Waals surface area contributed by atoms with Crippen LogP contribution in [0.25, 0.3) is 17.0 Å². The summed E-state index contributed by atoms with van der Waals surface area (Å²) < 4.78 is 1.81. The van der Waals surface area contributed by atoms with Crippen LogP contribution in [0.3, 0.4) is 0 Å². The lowest BCUT2D eigenvalue weighted by Gasteiger charge is -2.11. The van der Waals surface area contributed by atoms with Crippen LogP contribution in [0.1, 0.15) is 17.2 Å². The van der Waals surface area contributed by atoms with Crippen LogP contribution in [0.15, 0.2) is 65.4 Å². The molecule has 4 rings (SSSR count). The molecule has 0 spiro atoms. The van der Waals surface area contributed by atoms with E-state index in [9.17, 15) is 4.79 Å². The molecule has 1 amide bonds. The zero-order valence-corrected chi connectivity index (χ0v) is 14.9. The number of hydrogen-bond donors (Lipinski definition) is 3. The molecule has 2 aromatic carbocycles. The van der Waals surface area contributed by atoms with Crippen LogP contribution in [0.2, 0.25) is 0 Å². The second kappa shape index (κ2) is 7.05. The van der Waals surface area contributed by atoms with Crippen LogP contribution in [-0.2, 0) is 11.8 Å². The summed E-state index contributed by atoms with van der Waals surface area (Å²) in [5.74, 6) is 0.192. The molecular formula is C20H20N6O. The second-order valence-electron chi connectivity index (χ2n) is 6.36. The van der Waals surface area contributed by atoms with Crippen molar-refractivity contribution in [2.45, 2.75) is 6.04 Å². The molecule has 2 heterocycles. The van der Waals surface area contributed by atoms with Gasteiger partial charge < -0.3 is 11.1 Å². The number of carbonyl (C=O) groups is 1. The Kier molecular flexibility index (Phi) is 4.43. The van der Waals surface area contributed by atoms with Crippen molar-refractivity contribution in [1.29, 1.82) is 0 Å². The van der Waals surface area contributed by atoms with E-state index in [1.165, 1.54) is 0 Å². The molecule has 1 atom stereocenters. The molecule has 0 radical (unpaired) electrons. The molecule has 1 saturated heterocycles. The van der Waals surface area contributed by atoms with E-state index < -0.39 is 0 Å². The zero-order chi connectivity index (χ0) is 18.8. The Labute approximate surface area is 156 Å². The van der Waals surface area contributed by atoms with Gasteiger partial charge in [0.2, 0.25) is 5.96 Å². The van der Waals surface area contributed by atoms with Gasteiger partial charge in [0.25, 0.3) is 5.91 Å². The maximum Gasteiger partial charge on any atom is 0.274 e. The molecule has 1 aliphatic rings. The molecule has 7 heteroatoms. The van der Waals surface area contributed by atoms with E-state index in [1.54, 1.807) is 12.3 Å². The largest absolute Gasteiger partial charge is 0.328 e. The third-order valence-electron chi connectivity index (χ3n) is 4.50. The van der Waals surface area contributed by atoms with Gasteiger partial charge >= 0.3 is 0 Å². The molecular weight excluding hydrogens is 340 g/mol. The first-order chi connectivity index (χ1) is 13.1. The van der Waals surface area contributed by atoms with Crippen molar-refractivity contribution in [3.63, 3.8) is 0 Å². The van der Waals surface area contributed by atoms with Crippen LogP contribution in [0.5, 0.6) is 0 Å². The first-order valence-electron chi connectivity index (χ1n) is 8.68. The van der Waals surface area contributed by atoms with E-state index in [1.807, 2.05) is 60.3 Å². The van der Waals surface area contributed by atoms with Crippen LogP contribution < -0.4 is 16.4 Å². The number of fused-ring (bicyclic) bond motifs is 1. The fourth-order valence-corrected chi connectivity index (χ4v) is 3.09. The van der Waals surface area contributed by atoms with Crippen molar-refractivity contribution in [2.24, 2.45) is 17.8 Å². The maximum atomic E-state index is 12.3. The molecule has 4 N–H and O–H groups in total. The lowest BCUT2D eigenvalue weighted by molar-refractivity contribution is -0.115. The fourth-order valence-electron chi connectivity index (χ4n) is 3.09. The molecule has 1 aromatic heterocycles. The number of aliphatic imine (C=N–C) groups is 1. The van der Waals surface area contributed by atoms with Gasteiger partial charge in [-0.25, -0.2) is 4.99 Å². The van der Waals surface area contributed by atoms with E-state index in [0.717, 1.165) is 22.0 Å². The van der Waals surface area contributed by atoms with Crippen molar-refractivity contribution in [3.8, 4) is 0 Å². The molecule has 7 nitrogen and oxygen atoms in total. The third-order valence-corrected chi connectivity index (χ3v) is 4.50. The van der Waals surface area contributed by atoms with Crippen LogP contribution in [0.4, 0.5) is 0 Å². The SMILES string of the molecule is Cn1ncc2cc(/C=C3\NC(=NC(CN)c4ccccc4)NC3=O)ccc21. The van der Waals surface area contributed by atoms with Crippen molar-refractivity contribution in [3.05, 3.63) is 71.6 Å². The summed E-state index contributed by atoms with van der Waals surface area (Å²) in [6, 6.07) is 15.5. The first-order valence-corrected chi connectivity index (χ1v) is 8.68. The highest BCUT2D eigenvalue weighted by Gasteiger charge is 2.23. The standard InChI is InChI=1S/C20H20N6O/c1-26-18-8-7-13(9-15(18)12-22-26)10-16-19(27)25-20(23-16)24-17(11-21)14-5-3-2-4-6-14/h2-10,12,17H,11,21H2,1H3,(H2,23,24,25,27)/b16-10-. The number of guanidine groups is 1. The minimum atomic E-state index is -0.222. The third kappa shape index (κ3) is 3.45. The quantitative estimate of drug-likeness (QED) is 0.617. The Morgan fingerprint density at radius 2 is 2.04 bits per heavy atom. The Bertz CT molecular complexity index is 1050. The smallest absolute Gasteiger partial charge is 0.274 e. The number of carbonyl (C=O) groups excluding carboxylic acids is 1. The average molecular weight is 360 g/mol. The zero-order valence-electron chi connectivity index (χ0n) is 14.9. The minimum absolute atomic E-state index is 0.219. The van der Waals surface area contributed by atoms with Gasteiger partial charge in [0.05, 0.1) is 17.8 Å². The summed E-state index contributed by atoms with van der Waals surface area (Å²) in [4.78, 5) is 16.8. The van der Waals surface area contributed by atoms with Gasteiger partial charge in [-0.3, -0.25) is 14.8 Å². The Morgan fingerprint density at radius 1 is 1.22 bits per heavy atom. The average Bonchev–Trinajstić information content (AvgIpc) is 3.23. The molecule has 1 fully saturated rings. The van der Waals surface area contributed by atoms with Crippen LogP contribution in [0, 0.1) is 0 Å². The fraction of sp³-hybridized carbons (Fsp3) is 0.150. The number of rotatable bonds is 4. The predicted molar refractivity (Wildman–Crippen MR) is 106 cm³/mol. The highest BCUT2D eigenvalue weighted by molar-refractivity contribution is 6.15. The van der Waals surface area contributed by atoms with Gasteiger partial charge in [-0.15, -0.1) is 0 Å². The molecule has 1 unspecified atom stereocenters. The number of hydrogen-bond acceptors (Lipinski definition) is 4. The van der Waals surface area contributed by atoms with Crippen molar-refractivity contribution >= 4 is 28.8 Å². The van der Waals surface area contributed by atoms with Crippen molar-refractivity contribution < 1.29 is 4.79 Å². The van der Waals surface area contributed by atoms with E-state index in [2.05, 4.69) is 20.7 Å². The number of nitrogens with zero attached hydrogens (tertiary/aromatic N) is 3. The highest BCUT2D eigenvalue weighted by Crippen LogP contribution is 2.19. The summed E-state index contributed by atoms with van der Waals surface area (Å²) in [6.07, 6.45) is 3.60. The summed E-state index contributed by atoms with van der Waals surface area (Å²) in [5, 5.41) is 11.1. The van der Waals surface area contributed by atoms with Crippen molar-refractivity contribution in [1.82, 2.24) is 20.4 Å². The number of aromatic nitrogens is 2. The number of nitrogens with two attached hydrogens (primary N) is 1. The number of benzene rings is 2. The van der Waals surface area contributed by atoms with Crippen LogP contribution >= 0.6 is 0 Å². The highest BCUT2D eigenvalue weighted by atomic mass is 16.2. The van der Waals surface area contributed by atoms with Crippen molar-refractivity contribution in [2.75, 3.05) is 6.54 Å². The van der Waals surface area contributed by atoms with E-state index in [-0.39, 0.29) is 11.9 Å². The molecule has 1 aliphatic heterocycles. The molecule has 0 bridgehead atoms. The van der Waals surface area contributed by atoms with Gasteiger partial charge in [0, 0.05) is 19.0 Å². The van der Waals surface area contributed by atoms with Gasteiger partial charge in [0.15, 0.2) is 0 Å². The Morgan fingerprint density at radius 3 is 2.81 bits per heavy atom. The van der Waals surface area contributed by atoms with Gasteiger partial charge in [-0.05, 0) is 29.3 Å².